The van der Waals surface area contributed by atoms with E-state index < -0.39 is 0 Å². The van der Waals surface area contributed by atoms with Crippen LogP contribution in [0.2, 0.25) is 0 Å². The van der Waals surface area contributed by atoms with Gasteiger partial charge in [0.1, 0.15) is 12.2 Å². The van der Waals surface area contributed by atoms with Crippen LogP contribution in [0.5, 0.6) is 17.2 Å². The van der Waals surface area contributed by atoms with Crippen LogP contribution in [-0.4, -0.2) is 48.7 Å². The van der Waals surface area contributed by atoms with Gasteiger partial charge in [0.2, 0.25) is 5.75 Å². The van der Waals surface area contributed by atoms with E-state index in [2.05, 4.69) is 24.8 Å². The molecule has 1 aliphatic heterocycles. The van der Waals surface area contributed by atoms with E-state index in [0.29, 0.717) is 48.7 Å². The first-order chi connectivity index (χ1) is 13.5. The van der Waals surface area contributed by atoms with E-state index in [4.69, 9.17) is 4.74 Å². The number of phenolic OH excluding ortho intramolecular Hbond substituents is 2. The Bertz CT molecular complexity index is 1070. The van der Waals surface area contributed by atoms with E-state index in [0.717, 1.165) is 5.56 Å². The van der Waals surface area contributed by atoms with Gasteiger partial charge in [0, 0.05) is 37.6 Å². The molecule has 3 N–H and O–H groups in total. The molecule has 0 atom stereocenters. The van der Waals surface area contributed by atoms with E-state index >= 15 is 0 Å². The van der Waals surface area contributed by atoms with Crippen LogP contribution in [0.3, 0.4) is 0 Å². The van der Waals surface area contributed by atoms with Crippen LogP contribution < -0.4 is 10.3 Å². The minimum absolute atomic E-state index is 0.146. The number of ether oxygens (including phenoxy) is 1. The Morgan fingerprint density at radius 1 is 1.25 bits per heavy atom. The van der Waals surface area contributed by atoms with Gasteiger partial charge in [0.15, 0.2) is 11.5 Å². The molecule has 0 amide bonds. The summed E-state index contributed by atoms with van der Waals surface area (Å²) in [6.45, 7) is 1.68. The predicted molar refractivity (Wildman–Crippen MR) is 100 cm³/mol. The lowest BCUT2D eigenvalue weighted by Crippen LogP contribution is -2.35. The molecule has 0 spiro atoms. The summed E-state index contributed by atoms with van der Waals surface area (Å²) in [5, 5.41) is 19.7. The number of aromatic hydroxyl groups is 2. The van der Waals surface area contributed by atoms with Gasteiger partial charge in [-0.1, -0.05) is 0 Å². The van der Waals surface area contributed by atoms with Gasteiger partial charge in [-0.2, -0.15) is 0 Å². The van der Waals surface area contributed by atoms with E-state index in [-0.39, 0.29) is 22.8 Å². The van der Waals surface area contributed by atoms with Crippen molar-refractivity contribution in [3.63, 3.8) is 0 Å². The number of methoxy groups -OCH3 is 1. The molecule has 0 fully saturated rings. The highest BCUT2D eigenvalue weighted by molar-refractivity contribution is 5.53. The van der Waals surface area contributed by atoms with E-state index in [1.54, 1.807) is 18.5 Å². The molecule has 3 aromatic rings. The maximum Gasteiger partial charge on any atom is 0.254 e. The maximum atomic E-state index is 12.5. The van der Waals surface area contributed by atoms with Gasteiger partial charge in [0.05, 0.1) is 18.4 Å². The summed E-state index contributed by atoms with van der Waals surface area (Å²) < 4.78 is 5.09. The van der Waals surface area contributed by atoms with Gasteiger partial charge in [0.25, 0.3) is 5.56 Å². The molecule has 0 bridgehead atoms. The molecule has 9 nitrogen and oxygen atoms in total. The van der Waals surface area contributed by atoms with Crippen molar-refractivity contribution in [1.29, 1.82) is 0 Å². The predicted octanol–water partition coefficient (Wildman–Crippen LogP) is 1.20. The number of rotatable bonds is 4. The summed E-state index contributed by atoms with van der Waals surface area (Å²) in [5.74, 6) is 0.148. The number of phenols is 2. The maximum absolute atomic E-state index is 12.5. The normalized spacial score (nSPS) is 13.9. The molecule has 0 saturated heterocycles. The lowest BCUT2D eigenvalue weighted by molar-refractivity contribution is 0.239. The first kappa shape index (κ1) is 17.9. The van der Waals surface area contributed by atoms with Crippen molar-refractivity contribution in [3.8, 4) is 28.6 Å². The lowest BCUT2D eigenvalue weighted by Gasteiger charge is -2.28. The summed E-state index contributed by atoms with van der Waals surface area (Å²) in [4.78, 5) is 29.9. The molecular weight excluding hydrogens is 362 g/mol. The average molecular weight is 381 g/mol. The van der Waals surface area contributed by atoms with Gasteiger partial charge < -0.3 is 19.9 Å². The first-order valence-corrected chi connectivity index (χ1v) is 8.74. The monoisotopic (exact) mass is 381 g/mol. The second kappa shape index (κ2) is 7.28. The third kappa shape index (κ3) is 3.39. The van der Waals surface area contributed by atoms with Crippen molar-refractivity contribution in [2.45, 2.75) is 19.5 Å². The quantitative estimate of drug-likeness (QED) is 0.576. The standard InChI is InChI=1S/C19H19N5O4/c1-28-16-5-11(4-15(25)17(16)26)8-24-3-2-13-14(9-24)22-18(23-19(13)27)12-6-20-10-21-7-12/h4-7,10,25-26H,2-3,8-9H2,1H3,(H,22,23,27). The fourth-order valence-electron chi connectivity index (χ4n) is 3.34. The van der Waals surface area contributed by atoms with Crippen LogP contribution in [0.15, 0.2) is 35.6 Å². The number of H-pyrrole nitrogens is 1. The Kier molecular flexibility index (Phi) is 4.66. The smallest absolute Gasteiger partial charge is 0.254 e. The van der Waals surface area contributed by atoms with Gasteiger partial charge in [-0.25, -0.2) is 15.0 Å². The molecule has 28 heavy (non-hydrogen) atoms. The van der Waals surface area contributed by atoms with Gasteiger partial charge in [-0.3, -0.25) is 9.69 Å². The molecule has 0 unspecified atom stereocenters. The largest absolute Gasteiger partial charge is 0.504 e. The van der Waals surface area contributed by atoms with Crippen molar-refractivity contribution < 1.29 is 14.9 Å². The van der Waals surface area contributed by atoms with Crippen LogP contribution in [0.4, 0.5) is 0 Å². The number of hydrogen-bond acceptors (Lipinski definition) is 8. The molecule has 4 rings (SSSR count). The van der Waals surface area contributed by atoms with Crippen LogP contribution in [0.1, 0.15) is 16.8 Å². The van der Waals surface area contributed by atoms with Crippen molar-refractivity contribution in [2.24, 2.45) is 0 Å². The molecule has 0 radical (unpaired) electrons. The highest BCUT2D eigenvalue weighted by Gasteiger charge is 2.22. The second-order valence-electron chi connectivity index (χ2n) is 6.59. The van der Waals surface area contributed by atoms with Gasteiger partial charge >= 0.3 is 0 Å². The third-order valence-electron chi connectivity index (χ3n) is 4.73. The van der Waals surface area contributed by atoms with E-state index in [1.165, 1.54) is 19.5 Å². The Hall–Kier alpha value is -3.46. The fourth-order valence-corrected chi connectivity index (χ4v) is 3.34. The zero-order valence-electron chi connectivity index (χ0n) is 15.2. The second-order valence-corrected chi connectivity index (χ2v) is 6.59. The summed E-state index contributed by atoms with van der Waals surface area (Å²) in [5.41, 5.74) is 2.68. The molecular formula is C19H19N5O4. The highest BCUT2D eigenvalue weighted by Crippen LogP contribution is 2.36. The number of aromatic nitrogens is 4. The number of hydrogen-bond donors (Lipinski definition) is 3. The number of nitrogens with zero attached hydrogens (tertiary/aromatic N) is 4. The number of aromatic amines is 1. The highest BCUT2D eigenvalue weighted by atomic mass is 16.5. The van der Waals surface area contributed by atoms with Crippen LogP contribution in [-0.2, 0) is 19.5 Å². The molecule has 0 saturated carbocycles. The average Bonchev–Trinajstić information content (AvgIpc) is 2.71. The summed E-state index contributed by atoms with van der Waals surface area (Å²) in [6.07, 6.45) is 5.20. The van der Waals surface area contributed by atoms with E-state index in [9.17, 15) is 15.0 Å². The topological polar surface area (TPSA) is 124 Å². The molecule has 3 heterocycles. The fraction of sp³-hybridized carbons (Fsp3) is 0.263. The summed E-state index contributed by atoms with van der Waals surface area (Å²) >= 11 is 0. The minimum Gasteiger partial charge on any atom is -0.504 e. The van der Waals surface area contributed by atoms with Crippen LogP contribution >= 0.6 is 0 Å². The van der Waals surface area contributed by atoms with Gasteiger partial charge in [-0.05, 0) is 24.1 Å². The van der Waals surface area contributed by atoms with Crippen molar-refractivity contribution >= 4 is 0 Å². The third-order valence-corrected chi connectivity index (χ3v) is 4.73. The van der Waals surface area contributed by atoms with Gasteiger partial charge in [-0.15, -0.1) is 0 Å². The van der Waals surface area contributed by atoms with Crippen LogP contribution in [0, 0.1) is 0 Å². The van der Waals surface area contributed by atoms with Crippen molar-refractivity contribution in [3.05, 3.63) is 58.0 Å². The van der Waals surface area contributed by atoms with Crippen LogP contribution in [0.25, 0.3) is 11.4 Å². The molecule has 1 aromatic carbocycles. The van der Waals surface area contributed by atoms with Crippen molar-refractivity contribution in [1.82, 2.24) is 24.8 Å². The number of benzene rings is 1. The molecule has 0 aliphatic carbocycles. The lowest BCUT2D eigenvalue weighted by atomic mass is 10.0. The zero-order valence-corrected chi connectivity index (χ0v) is 15.2. The Morgan fingerprint density at radius 2 is 2.04 bits per heavy atom. The molecule has 1 aliphatic rings. The first-order valence-electron chi connectivity index (χ1n) is 8.74. The summed E-state index contributed by atoms with van der Waals surface area (Å²) in [6, 6.07) is 3.19. The Labute approximate surface area is 160 Å². The SMILES string of the molecule is COc1cc(CN2CCc3c(nc(-c4cncnc4)[nH]c3=O)C2)cc(O)c1O. The molecule has 2 aromatic heterocycles. The zero-order chi connectivity index (χ0) is 19.7. The Balaban J connectivity index is 1.60. The van der Waals surface area contributed by atoms with E-state index in [1.807, 2.05) is 0 Å². The molecule has 144 valence electrons. The summed E-state index contributed by atoms with van der Waals surface area (Å²) in [7, 11) is 1.43. The minimum atomic E-state index is -0.279. The number of nitrogens with one attached hydrogen (secondary N) is 1. The number of fused-ring (bicyclic) bond motifs is 1. The Morgan fingerprint density at radius 3 is 2.79 bits per heavy atom. The molecule has 9 heteroatoms. The van der Waals surface area contributed by atoms with Crippen molar-refractivity contribution in [2.75, 3.05) is 13.7 Å².